The Morgan fingerprint density at radius 2 is 1.53 bits per heavy atom. The molecule has 0 saturated carbocycles. The summed E-state index contributed by atoms with van der Waals surface area (Å²) >= 11 is 11.7. The maximum atomic E-state index is 5.87. The van der Waals surface area contributed by atoms with Gasteiger partial charge in [0, 0.05) is 19.3 Å². The van der Waals surface area contributed by atoms with Gasteiger partial charge in [-0.05, 0) is 42.8 Å². The van der Waals surface area contributed by atoms with Crippen LogP contribution in [0.4, 0.5) is 0 Å². The van der Waals surface area contributed by atoms with Gasteiger partial charge in [-0.15, -0.1) is 3.94 Å². The van der Waals surface area contributed by atoms with Gasteiger partial charge in [0.15, 0.2) is 0 Å². The fraction of sp³-hybridized carbons (Fsp3) is 1.00. The Labute approximate surface area is 130 Å². The zero-order chi connectivity index (χ0) is 15.3. The van der Waals surface area contributed by atoms with E-state index >= 15 is 0 Å². The van der Waals surface area contributed by atoms with Crippen LogP contribution in [0.5, 0.6) is 0 Å². The maximum absolute atomic E-state index is 5.87. The second-order valence-corrected chi connectivity index (χ2v) is 8.10. The van der Waals surface area contributed by atoms with Gasteiger partial charge >= 0.3 is 0 Å². The first-order valence-electron chi connectivity index (χ1n) is 7.52. The second-order valence-electron chi connectivity index (χ2n) is 7.25. The van der Waals surface area contributed by atoms with Crippen LogP contribution in [0.1, 0.15) is 60.8 Å². The average molecular weight is 312 g/mol. The Morgan fingerprint density at radius 3 is 1.89 bits per heavy atom. The van der Waals surface area contributed by atoms with Crippen molar-refractivity contribution in [2.24, 2.45) is 5.41 Å². The lowest BCUT2D eigenvalue weighted by Gasteiger charge is -2.45. The van der Waals surface area contributed by atoms with E-state index < -0.39 is 0 Å². The minimum absolute atomic E-state index is 0.142. The molecule has 0 spiro atoms. The van der Waals surface area contributed by atoms with Crippen LogP contribution in [0.15, 0.2) is 0 Å². The first kappa shape index (κ1) is 19.5. The molecular formula is C15H33Cl2N2+. The highest BCUT2D eigenvalue weighted by Gasteiger charge is 2.36. The zero-order valence-electron chi connectivity index (χ0n) is 13.9. The van der Waals surface area contributed by atoms with Crippen molar-refractivity contribution in [1.82, 2.24) is 3.94 Å². The minimum atomic E-state index is -0.142. The molecule has 1 fully saturated rings. The molecule has 0 bridgehead atoms. The molecule has 0 amide bonds. The second kappa shape index (κ2) is 7.49. The summed E-state index contributed by atoms with van der Waals surface area (Å²) in [7, 11) is 2.36. The van der Waals surface area contributed by atoms with Gasteiger partial charge in [0.05, 0.1) is 32.2 Å². The molecule has 0 aliphatic carbocycles. The Bertz CT molecular complexity index is 253. The number of likely N-dealkylation sites (tertiary alicyclic amines) is 1. The third-order valence-corrected chi connectivity index (χ3v) is 5.29. The van der Waals surface area contributed by atoms with Crippen LogP contribution in [-0.4, -0.2) is 40.6 Å². The van der Waals surface area contributed by atoms with Crippen molar-refractivity contribution in [2.45, 2.75) is 66.3 Å². The lowest BCUT2D eigenvalue weighted by Crippen LogP contribution is -2.53. The van der Waals surface area contributed by atoms with Gasteiger partial charge in [0.2, 0.25) is 0 Å². The quantitative estimate of drug-likeness (QED) is 0.518. The molecule has 1 saturated heterocycles. The van der Waals surface area contributed by atoms with Gasteiger partial charge in [-0.25, -0.2) is 0 Å². The van der Waals surface area contributed by atoms with Gasteiger partial charge in [-0.3, -0.25) is 0 Å². The van der Waals surface area contributed by atoms with Crippen molar-refractivity contribution in [3.63, 3.8) is 0 Å². The van der Waals surface area contributed by atoms with E-state index in [0.717, 1.165) is 17.4 Å². The summed E-state index contributed by atoms with van der Waals surface area (Å²) in [4.78, 5) is 0. The average Bonchev–Trinajstić information content (AvgIpc) is 2.34. The molecule has 0 aromatic carbocycles. The highest BCUT2D eigenvalue weighted by molar-refractivity contribution is 6.34. The van der Waals surface area contributed by atoms with Crippen molar-refractivity contribution in [3.8, 4) is 0 Å². The van der Waals surface area contributed by atoms with Crippen LogP contribution >= 0.6 is 23.6 Å². The fourth-order valence-corrected chi connectivity index (χ4v) is 2.40. The van der Waals surface area contributed by atoms with Gasteiger partial charge in [0.25, 0.3) is 0 Å². The molecular weight excluding hydrogens is 279 g/mol. The van der Waals surface area contributed by atoms with Crippen molar-refractivity contribution < 1.29 is 4.48 Å². The summed E-state index contributed by atoms with van der Waals surface area (Å²) in [5.74, 6) is 0. The van der Waals surface area contributed by atoms with Crippen LogP contribution in [-0.2, 0) is 0 Å². The predicted molar refractivity (Wildman–Crippen MR) is 87.4 cm³/mol. The Balaban J connectivity index is 0.00000154. The molecule has 0 aromatic heterocycles. The topological polar surface area (TPSA) is 3.24 Å². The lowest BCUT2D eigenvalue weighted by atomic mass is 9.81. The SMILES string of the molecule is CC.CC1(C)CC[N+](C)(CCC(C)(C)N(Cl)Cl)CC1. The van der Waals surface area contributed by atoms with Crippen LogP contribution in [0, 0.1) is 5.41 Å². The molecule has 0 N–H and O–H groups in total. The summed E-state index contributed by atoms with van der Waals surface area (Å²) in [5.41, 5.74) is 0.385. The number of rotatable bonds is 4. The fourth-order valence-electron chi connectivity index (χ4n) is 2.23. The summed E-state index contributed by atoms with van der Waals surface area (Å²) in [5, 5.41) is 0. The monoisotopic (exact) mass is 311 g/mol. The highest BCUT2D eigenvalue weighted by atomic mass is 35.5. The predicted octanol–water partition coefficient (Wildman–Crippen LogP) is 5.06. The number of hydrogen-bond donors (Lipinski definition) is 0. The first-order chi connectivity index (χ1) is 8.56. The molecule has 0 unspecified atom stereocenters. The van der Waals surface area contributed by atoms with Crippen molar-refractivity contribution in [3.05, 3.63) is 0 Å². The van der Waals surface area contributed by atoms with E-state index in [-0.39, 0.29) is 5.54 Å². The highest BCUT2D eigenvalue weighted by Crippen LogP contribution is 2.34. The van der Waals surface area contributed by atoms with E-state index in [0.29, 0.717) is 5.41 Å². The number of piperidine rings is 1. The number of halogens is 2. The molecule has 19 heavy (non-hydrogen) atoms. The molecule has 1 heterocycles. The number of hydrogen-bond acceptors (Lipinski definition) is 1. The normalized spacial score (nSPS) is 21.8. The zero-order valence-corrected chi connectivity index (χ0v) is 15.4. The maximum Gasteiger partial charge on any atom is 0.0803 e. The molecule has 0 aromatic rings. The van der Waals surface area contributed by atoms with Crippen molar-refractivity contribution in [2.75, 3.05) is 26.7 Å². The summed E-state index contributed by atoms with van der Waals surface area (Å²) in [6.45, 7) is 16.6. The Hall–Kier alpha value is 0.500. The number of nitrogens with zero attached hydrogens (tertiary/aromatic N) is 2. The summed E-state index contributed by atoms with van der Waals surface area (Å²) in [6, 6.07) is 0. The third-order valence-electron chi connectivity index (χ3n) is 4.38. The van der Waals surface area contributed by atoms with E-state index in [1.54, 1.807) is 0 Å². The standard InChI is InChI=1S/C13H27Cl2N2.C2H6/c1-12(2)6-9-17(5,10-7-12)11-8-13(3,4)16(14)15;1-2/h6-11H2,1-5H3;1-2H3/q+1;. The molecule has 1 aliphatic heterocycles. The summed E-state index contributed by atoms with van der Waals surface area (Å²) < 4.78 is 2.46. The summed E-state index contributed by atoms with van der Waals surface area (Å²) in [6.07, 6.45) is 3.65. The molecule has 4 heteroatoms. The Morgan fingerprint density at radius 1 is 1.11 bits per heavy atom. The van der Waals surface area contributed by atoms with Crippen LogP contribution in [0.3, 0.4) is 0 Å². The Kier molecular flexibility index (Phi) is 7.69. The first-order valence-corrected chi connectivity index (χ1v) is 8.19. The van der Waals surface area contributed by atoms with Crippen molar-refractivity contribution in [1.29, 1.82) is 0 Å². The van der Waals surface area contributed by atoms with E-state index in [4.69, 9.17) is 23.6 Å². The molecule has 1 rings (SSSR count). The lowest BCUT2D eigenvalue weighted by molar-refractivity contribution is -0.917. The van der Waals surface area contributed by atoms with Crippen LogP contribution in [0.2, 0.25) is 0 Å². The molecule has 2 nitrogen and oxygen atoms in total. The minimum Gasteiger partial charge on any atom is -0.326 e. The van der Waals surface area contributed by atoms with Gasteiger partial charge in [0.1, 0.15) is 0 Å². The molecule has 0 radical (unpaired) electrons. The smallest absolute Gasteiger partial charge is 0.0803 e. The van der Waals surface area contributed by atoms with E-state index in [2.05, 4.69) is 34.7 Å². The molecule has 1 aliphatic rings. The molecule has 0 atom stereocenters. The van der Waals surface area contributed by atoms with Crippen LogP contribution in [0.25, 0.3) is 0 Å². The van der Waals surface area contributed by atoms with E-state index in [1.165, 1.54) is 29.9 Å². The van der Waals surface area contributed by atoms with E-state index in [9.17, 15) is 0 Å². The number of quaternary nitrogens is 1. The molecule has 116 valence electrons. The largest absolute Gasteiger partial charge is 0.326 e. The van der Waals surface area contributed by atoms with Crippen molar-refractivity contribution >= 4 is 23.6 Å². The third kappa shape index (κ3) is 6.66. The van der Waals surface area contributed by atoms with Gasteiger partial charge in [-0.2, -0.15) is 0 Å². The van der Waals surface area contributed by atoms with Crippen LogP contribution < -0.4 is 0 Å². The van der Waals surface area contributed by atoms with Gasteiger partial charge in [-0.1, -0.05) is 27.7 Å². The van der Waals surface area contributed by atoms with Gasteiger partial charge < -0.3 is 4.48 Å². The van der Waals surface area contributed by atoms with E-state index in [1.807, 2.05) is 13.8 Å².